The first-order valence-electron chi connectivity index (χ1n) is 9.58. The fourth-order valence-corrected chi connectivity index (χ4v) is 3.92. The van der Waals surface area contributed by atoms with Crippen LogP contribution in [0.2, 0.25) is 0 Å². The fraction of sp³-hybridized carbons (Fsp3) is 0.722. The molecule has 7 nitrogen and oxygen atoms in total. The van der Waals surface area contributed by atoms with Crippen molar-refractivity contribution in [2.75, 3.05) is 46.3 Å². The molecule has 1 aliphatic carbocycles. The minimum atomic E-state index is 0. The van der Waals surface area contributed by atoms with E-state index in [0.717, 1.165) is 64.4 Å². The van der Waals surface area contributed by atoms with Crippen LogP contribution in [-0.4, -0.2) is 79.0 Å². The molecule has 1 saturated carbocycles. The van der Waals surface area contributed by atoms with Crippen molar-refractivity contribution in [1.29, 1.82) is 0 Å². The molecule has 27 heavy (non-hydrogen) atoms. The Labute approximate surface area is 183 Å². The summed E-state index contributed by atoms with van der Waals surface area (Å²) < 4.78 is 0. The van der Waals surface area contributed by atoms with Crippen molar-refractivity contribution in [2.45, 2.75) is 38.6 Å². The van der Waals surface area contributed by atoms with Gasteiger partial charge in [0.25, 0.3) is 0 Å². The summed E-state index contributed by atoms with van der Waals surface area (Å²) in [4.78, 5) is 26.6. The van der Waals surface area contributed by atoms with E-state index in [1.54, 1.807) is 11.3 Å². The highest BCUT2D eigenvalue weighted by Crippen LogP contribution is 2.18. The van der Waals surface area contributed by atoms with Gasteiger partial charge in [0.1, 0.15) is 0 Å². The number of hydrogen-bond donors (Lipinski definition) is 2. The van der Waals surface area contributed by atoms with Crippen LogP contribution in [-0.2, 0) is 17.6 Å². The number of thiazole rings is 1. The molecule has 2 N–H and O–H groups in total. The number of aryl methyl sites for hydroxylation is 1. The molecular formula is C18H31IN6OS. The first kappa shape index (κ1) is 22.4. The highest BCUT2D eigenvalue weighted by atomic mass is 127. The molecule has 3 rings (SSSR count). The van der Waals surface area contributed by atoms with Gasteiger partial charge in [0.05, 0.1) is 11.6 Å². The van der Waals surface area contributed by atoms with Crippen molar-refractivity contribution >= 4 is 47.2 Å². The molecule has 0 spiro atoms. The maximum atomic E-state index is 11.9. The van der Waals surface area contributed by atoms with Crippen LogP contribution >= 0.6 is 35.3 Å². The molecule has 1 amide bonds. The average Bonchev–Trinajstić information content (AvgIpc) is 3.34. The van der Waals surface area contributed by atoms with Gasteiger partial charge in [-0.2, -0.15) is 0 Å². The molecule has 2 fully saturated rings. The van der Waals surface area contributed by atoms with E-state index >= 15 is 0 Å². The van der Waals surface area contributed by atoms with E-state index in [1.165, 1.54) is 9.88 Å². The van der Waals surface area contributed by atoms with Gasteiger partial charge in [0.2, 0.25) is 5.91 Å². The van der Waals surface area contributed by atoms with Crippen LogP contribution in [0, 0.1) is 0 Å². The second-order valence-corrected chi connectivity index (χ2v) is 8.10. The van der Waals surface area contributed by atoms with Gasteiger partial charge in [0, 0.05) is 63.3 Å². The molecule has 2 heterocycles. The number of nitrogens with one attached hydrogen (secondary N) is 2. The molecule has 1 aliphatic heterocycles. The maximum absolute atomic E-state index is 11.9. The number of piperazine rings is 1. The van der Waals surface area contributed by atoms with Crippen LogP contribution in [0.3, 0.4) is 0 Å². The van der Waals surface area contributed by atoms with Crippen molar-refractivity contribution in [1.82, 2.24) is 25.4 Å². The Balaban J connectivity index is 0.00000261. The number of guanidine groups is 1. The quantitative estimate of drug-likeness (QED) is 0.332. The van der Waals surface area contributed by atoms with Gasteiger partial charge in [-0.3, -0.25) is 14.7 Å². The summed E-state index contributed by atoms with van der Waals surface area (Å²) in [6.45, 7) is 7.09. The number of aromatic nitrogens is 1. The van der Waals surface area contributed by atoms with Crippen molar-refractivity contribution in [3.05, 3.63) is 16.1 Å². The highest BCUT2D eigenvalue weighted by molar-refractivity contribution is 14.0. The Kier molecular flexibility index (Phi) is 9.24. The van der Waals surface area contributed by atoms with Crippen LogP contribution in [0.15, 0.2) is 11.2 Å². The van der Waals surface area contributed by atoms with Gasteiger partial charge in [-0.1, -0.05) is 6.92 Å². The molecule has 0 atom stereocenters. The van der Waals surface area contributed by atoms with Crippen molar-refractivity contribution in [3.8, 4) is 0 Å². The summed E-state index contributed by atoms with van der Waals surface area (Å²) in [5.41, 5.74) is 0. The first-order chi connectivity index (χ1) is 12.7. The van der Waals surface area contributed by atoms with Crippen molar-refractivity contribution < 1.29 is 4.79 Å². The summed E-state index contributed by atoms with van der Waals surface area (Å²) in [6, 6.07) is 0.443. The number of nitrogens with zero attached hydrogens (tertiary/aromatic N) is 4. The number of hydrogen-bond acceptors (Lipinski definition) is 5. The molecular weight excluding hydrogens is 475 g/mol. The van der Waals surface area contributed by atoms with Crippen LogP contribution < -0.4 is 10.6 Å². The second-order valence-electron chi connectivity index (χ2n) is 6.90. The molecule has 0 radical (unpaired) electrons. The van der Waals surface area contributed by atoms with Crippen molar-refractivity contribution in [3.63, 3.8) is 0 Å². The Hall–Kier alpha value is -0.940. The number of carbonyl (C=O) groups excluding carboxylic acids is 1. The lowest BCUT2D eigenvalue weighted by Crippen LogP contribution is -2.54. The smallest absolute Gasteiger partial charge is 0.234 e. The van der Waals surface area contributed by atoms with Gasteiger partial charge < -0.3 is 15.5 Å². The normalized spacial score (nSPS) is 18.1. The predicted octanol–water partition coefficient (Wildman–Crippen LogP) is 1.34. The summed E-state index contributed by atoms with van der Waals surface area (Å²) >= 11 is 1.79. The monoisotopic (exact) mass is 506 g/mol. The zero-order chi connectivity index (χ0) is 18.4. The Bertz CT molecular complexity index is 625. The lowest BCUT2D eigenvalue weighted by Gasteiger charge is -2.36. The molecule has 9 heteroatoms. The van der Waals surface area contributed by atoms with Crippen molar-refractivity contribution in [2.24, 2.45) is 4.99 Å². The Morgan fingerprint density at radius 2 is 2.07 bits per heavy atom. The minimum absolute atomic E-state index is 0. The second kappa shape index (κ2) is 11.2. The molecule has 1 saturated heterocycles. The largest absolute Gasteiger partial charge is 0.356 e. The van der Waals surface area contributed by atoms with E-state index in [-0.39, 0.29) is 29.9 Å². The molecule has 0 unspecified atom stereocenters. The van der Waals surface area contributed by atoms with Crippen LogP contribution in [0.4, 0.5) is 0 Å². The number of amides is 1. The SMILES string of the molecule is CCc1cnc(CCNC(=NC)N2CCN(CC(=O)NC3CC3)CC2)s1.I. The topological polar surface area (TPSA) is 72.9 Å². The predicted molar refractivity (Wildman–Crippen MR) is 121 cm³/mol. The third kappa shape index (κ3) is 7.19. The van der Waals surface area contributed by atoms with Gasteiger partial charge in [-0.15, -0.1) is 35.3 Å². The third-order valence-electron chi connectivity index (χ3n) is 4.77. The zero-order valence-electron chi connectivity index (χ0n) is 16.2. The molecule has 0 bridgehead atoms. The fourth-order valence-electron chi connectivity index (χ4n) is 3.06. The van der Waals surface area contributed by atoms with E-state index in [0.29, 0.717) is 12.6 Å². The van der Waals surface area contributed by atoms with Gasteiger partial charge in [-0.25, -0.2) is 4.98 Å². The van der Waals surface area contributed by atoms with Crippen LogP contribution in [0.1, 0.15) is 29.7 Å². The number of aliphatic imine (C=N–C) groups is 1. The highest BCUT2D eigenvalue weighted by Gasteiger charge is 2.25. The zero-order valence-corrected chi connectivity index (χ0v) is 19.4. The van der Waals surface area contributed by atoms with Crippen LogP contribution in [0.25, 0.3) is 0 Å². The van der Waals surface area contributed by atoms with Gasteiger partial charge >= 0.3 is 0 Å². The molecule has 1 aromatic heterocycles. The third-order valence-corrected chi connectivity index (χ3v) is 5.97. The summed E-state index contributed by atoms with van der Waals surface area (Å²) in [5.74, 6) is 1.11. The summed E-state index contributed by atoms with van der Waals surface area (Å²) in [6.07, 6.45) is 6.23. The lowest BCUT2D eigenvalue weighted by molar-refractivity contribution is -0.122. The van der Waals surface area contributed by atoms with E-state index < -0.39 is 0 Å². The van der Waals surface area contributed by atoms with Crippen LogP contribution in [0.5, 0.6) is 0 Å². The standard InChI is InChI=1S/C18H30N6OS.HI/c1-3-15-12-21-17(26-15)6-7-20-18(19-2)24-10-8-23(9-11-24)13-16(25)22-14-4-5-14;/h12,14H,3-11,13H2,1-2H3,(H,19,20)(H,22,25);1H. The van der Waals surface area contributed by atoms with Gasteiger partial charge in [-0.05, 0) is 19.3 Å². The number of rotatable bonds is 7. The molecule has 152 valence electrons. The summed E-state index contributed by atoms with van der Waals surface area (Å²) in [5, 5.41) is 7.69. The van der Waals surface area contributed by atoms with E-state index in [9.17, 15) is 4.79 Å². The van der Waals surface area contributed by atoms with E-state index in [4.69, 9.17) is 0 Å². The first-order valence-corrected chi connectivity index (χ1v) is 10.4. The van der Waals surface area contributed by atoms with E-state index in [1.807, 2.05) is 13.2 Å². The number of carbonyl (C=O) groups is 1. The van der Waals surface area contributed by atoms with E-state index in [2.05, 4.69) is 37.3 Å². The lowest BCUT2D eigenvalue weighted by atomic mass is 10.3. The molecule has 1 aromatic rings. The molecule has 2 aliphatic rings. The minimum Gasteiger partial charge on any atom is -0.356 e. The maximum Gasteiger partial charge on any atom is 0.234 e. The Morgan fingerprint density at radius 3 is 2.67 bits per heavy atom. The molecule has 0 aromatic carbocycles. The average molecular weight is 506 g/mol. The summed E-state index contributed by atoms with van der Waals surface area (Å²) in [7, 11) is 1.83. The van der Waals surface area contributed by atoms with Gasteiger partial charge in [0.15, 0.2) is 5.96 Å². The number of halogens is 1. The Morgan fingerprint density at radius 1 is 1.33 bits per heavy atom.